The molecule has 0 rings (SSSR count). The number of aliphatic hydroxyl groups is 1. The minimum atomic E-state index is -1.23. The topological polar surface area (TPSA) is 121 Å². The fraction of sp³-hybridized carbons (Fsp3) is 0.667. The number of hydrogen-bond acceptors (Lipinski definition) is 2. The Hall–Kier alpha value is 1.87. The van der Waals surface area contributed by atoms with Crippen LogP contribution in [-0.4, -0.2) is 109 Å². The van der Waals surface area contributed by atoms with Gasteiger partial charge in [-0.2, -0.15) is 0 Å². The number of carboxylic acid groups (broad SMARTS) is 1. The number of hydrogen-bond donors (Lipinski definition) is 2. The molecule has 0 radical (unpaired) electrons. The maximum absolute atomic E-state index is 9.45. The molecule has 0 aliphatic carbocycles. The van der Waals surface area contributed by atoms with Crippen LogP contribution < -0.4 is 0 Å². The van der Waals surface area contributed by atoms with Crippen molar-refractivity contribution in [3.05, 3.63) is 0 Å². The molecule has 0 saturated carbocycles. The third kappa shape index (κ3) is 22.5. The van der Waals surface area contributed by atoms with Gasteiger partial charge in [0.15, 0.2) is 0 Å². The van der Waals surface area contributed by atoms with Crippen molar-refractivity contribution in [3.63, 3.8) is 0 Å². The van der Waals surface area contributed by atoms with Crippen LogP contribution in [0.5, 0.6) is 0 Å². The molecule has 0 spiro atoms. The molecule has 0 aromatic carbocycles. The van der Waals surface area contributed by atoms with Crippen LogP contribution in [-0.2, 0) is 4.79 Å². The van der Waals surface area contributed by atoms with Gasteiger partial charge >= 0.3 is 81.4 Å². The normalized spacial score (nSPS) is 8.20. The molecule has 0 saturated heterocycles. The van der Waals surface area contributed by atoms with Gasteiger partial charge in [0.25, 0.3) is 0 Å². The van der Waals surface area contributed by atoms with E-state index < -0.39 is 12.1 Å². The van der Waals surface area contributed by atoms with Crippen LogP contribution in [0.2, 0.25) is 0 Å². The second-order valence-electron chi connectivity index (χ2n) is 1.01. The summed E-state index contributed by atoms with van der Waals surface area (Å²) in [5.74, 6) is -1.19. The van der Waals surface area contributed by atoms with Gasteiger partial charge in [0, 0.05) is 0 Å². The van der Waals surface area contributed by atoms with Gasteiger partial charge in [-0.05, 0) is 6.92 Å². The third-order valence-corrected chi connectivity index (χ3v) is 0.357. The Morgan fingerprint density at radius 3 is 1.40 bits per heavy atom. The van der Waals surface area contributed by atoms with E-state index in [1.165, 1.54) is 6.92 Å². The molecule has 0 aromatic rings. The van der Waals surface area contributed by atoms with Gasteiger partial charge in [0.2, 0.25) is 0 Å². The fourth-order valence-corrected chi connectivity index (χ4v) is 0. The molecule has 10 heavy (non-hydrogen) atoms. The summed E-state index contributed by atoms with van der Waals surface area (Å²) >= 11 is 0. The zero-order valence-electron chi connectivity index (χ0n) is 4.38. The first-order chi connectivity index (χ1) is 2.64. The molecule has 1 unspecified atom stereocenters. The monoisotopic (exact) mass is 210 g/mol. The van der Waals surface area contributed by atoms with Crippen molar-refractivity contribution < 1.29 is 26.0 Å². The van der Waals surface area contributed by atoms with E-state index in [-0.39, 0.29) is 86.4 Å². The summed E-state index contributed by atoms with van der Waals surface area (Å²) in [6.45, 7) is 1.20. The van der Waals surface area contributed by atoms with Gasteiger partial charge in [0.1, 0.15) is 6.10 Å². The Morgan fingerprint density at radius 2 is 1.40 bits per heavy atom. The Morgan fingerprint density at radius 1 is 1.30 bits per heavy atom. The van der Waals surface area contributed by atoms with Crippen molar-refractivity contribution in [1.29, 1.82) is 0 Å². The van der Waals surface area contributed by atoms with Crippen LogP contribution >= 0.6 is 0 Å². The van der Waals surface area contributed by atoms with E-state index >= 15 is 0 Å². The summed E-state index contributed by atoms with van der Waals surface area (Å²) in [7, 11) is 0. The van der Waals surface area contributed by atoms with Crippen LogP contribution in [0.3, 0.4) is 0 Å². The van der Waals surface area contributed by atoms with E-state index in [9.17, 15) is 4.79 Å². The fourth-order valence-electron chi connectivity index (χ4n) is 0. The summed E-state index contributed by atoms with van der Waals surface area (Å²) in [5.41, 5.74) is 0. The zero-order valence-corrected chi connectivity index (χ0v) is 4.38. The average molecular weight is 210 g/mol. The van der Waals surface area contributed by atoms with Crippen molar-refractivity contribution in [2.24, 2.45) is 0 Å². The van der Waals surface area contributed by atoms with Crippen molar-refractivity contribution in [1.82, 2.24) is 0 Å². The third-order valence-electron chi connectivity index (χ3n) is 0.357. The molecule has 0 aliphatic rings. The number of aliphatic hydroxyl groups excluding tert-OH is 1. The van der Waals surface area contributed by atoms with Gasteiger partial charge in [-0.15, -0.1) is 0 Å². The second-order valence-corrected chi connectivity index (χ2v) is 1.01. The molecule has 0 amide bonds. The van der Waals surface area contributed by atoms with E-state index in [0.29, 0.717) is 0 Å². The molecule has 7 heteroatoms. The molecule has 60 valence electrons. The predicted molar refractivity (Wildman–Crippen MR) is 43.6 cm³/mol. The molecule has 0 fully saturated rings. The van der Waals surface area contributed by atoms with Crippen LogP contribution in [0.25, 0.3) is 0 Å². The molecule has 0 aromatic heterocycles. The first-order valence-electron chi connectivity index (χ1n) is 1.55. The number of carboxylic acids is 1. The van der Waals surface area contributed by atoms with Crippen LogP contribution in [0, 0.1) is 0 Å². The van der Waals surface area contributed by atoms with E-state index in [1.54, 1.807) is 0 Å². The summed E-state index contributed by atoms with van der Waals surface area (Å²) in [6.07, 6.45) is -1.23. The zero-order chi connectivity index (χ0) is 5.15. The van der Waals surface area contributed by atoms with Crippen molar-refractivity contribution >= 4 is 81.4 Å². The SMILES string of the molecule is CC(O)C(=O)O.O.O.[CaH2].[CaH2]. The standard InChI is InChI=1S/C3H6O3.2Ca.2H2O.4H/c1-2(4)3(5)6;;;;;;;;/h2,4H,1H3,(H,5,6);;;2*1H2;;;;. The predicted octanol–water partition coefficient (Wildman–Crippen LogP) is -4.03. The molecule has 6 N–H and O–H groups in total. The molecule has 0 bridgehead atoms. The van der Waals surface area contributed by atoms with Gasteiger partial charge in [0.05, 0.1) is 0 Å². The quantitative estimate of drug-likeness (QED) is 0.429. The van der Waals surface area contributed by atoms with Gasteiger partial charge in [-0.1, -0.05) is 0 Å². The molecular formula is C3H14Ca2O5. The number of rotatable bonds is 1. The first-order valence-corrected chi connectivity index (χ1v) is 1.55. The number of aliphatic carboxylic acids is 1. The molecule has 0 heterocycles. The second kappa shape index (κ2) is 17.1. The van der Waals surface area contributed by atoms with E-state index in [4.69, 9.17) is 10.2 Å². The summed E-state index contributed by atoms with van der Waals surface area (Å²) in [5, 5.41) is 15.8. The Bertz CT molecular complexity index is 65.9. The molecule has 0 aliphatic heterocycles. The van der Waals surface area contributed by atoms with E-state index in [2.05, 4.69) is 0 Å². The van der Waals surface area contributed by atoms with Crippen molar-refractivity contribution in [2.45, 2.75) is 13.0 Å². The van der Waals surface area contributed by atoms with Crippen LogP contribution in [0.4, 0.5) is 0 Å². The van der Waals surface area contributed by atoms with Crippen LogP contribution in [0.15, 0.2) is 0 Å². The maximum atomic E-state index is 9.45. The number of carbonyl (C=O) groups is 1. The average Bonchev–Trinajstić information content (AvgIpc) is 1.36. The summed E-state index contributed by atoms with van der Waals surface area (Å²) in [4.78, 5) is 9.45. The van der Waals surface area contributed by atoms with Gasteiger partial charge < -0.3 is 21.2 Å². The Labute approximate surface area is 118 Å². The van der Waals surface area contributed by atoms with Crippen molar-refractivity contribution in [2.75, 3.05) is 0 Å². The van der Waals surface area contributed by atoms with Crippen molar-refractivity contribution in [3.8, 4) is 0 Å². The van der Waals surface area contributed by atoms with Gasteiger partial charge in [-0.3, -0.25) is 0 Å². The summed E-state index contributed by atoms with van der Waals surface area (Å²) in [6, 6.07) is 0. The molecule has 5 nitrogen and oxygen atoms in total. The van der Waals surface area contributed by atoms with E-state index in [1.807, 2.05) is 0 Å². The van der Waals surface area contributed by atoms with E-state index in [0.717, 1.165) is 0 Å². The minimum absolute atomic E-state index is 0. The van der Waals surface area contributed by atoms with Gasteiger partial charge in [-0.25, -0.2) is 4.79 Å². The van der Waals surface area contributed by atoms with Crippen LogP contribution in [0.1, 0.15) is 6.92 Å². The Kier molecular flexibility index (Phi) is 50.8. The molecular weight excluding hydrogens is 196 g/mol. The Balaban J connectivity index is -0.0000000208. The molecule has 1 atom stereocenters. The first kappa shape index (κ1) is 29.7. The summed E-state index contributed by atoms with van der Waals surface area (Å²) < 4.78 is 0.